The Balaban J connectivity index is 1.83. The van der Waals surface area contributed by atoms with Gasteiger partial charge >= 0.3 is 0 Å². The fourth-order valence-electron chi connectivity index (χ4n) is 2.76. The Hall–Kier alpha value is -0.450. The van der Waals surface area contributed by atoms with Crippen molar-refractivity contribution >= 4 is 11.3 Å². The summed E-state index contributed by atoms with van der Waals surface area (Å²) in [4.78, 5) is 7.34. The Bertz CT molecular complexity index is 453. The molecule has 1 unspecified atom stereocenters. The van der Waals surface area contributed by atoms with Crippen LogP contribution < -0.4 is 5.32 Å². The third-order valence-electron chi connectivity index (χ3n) is 4.25. The van der Waals surface area contributed by atoms with Crippen molar-refractivity contribution in [2.45, 2.75) is 66.6 Å². The minimum atomic E-state index is 0.153. The van der Waals surface area contributed by atoms with Gasteiger partial charge in [-0.15, -0.1) is 11.3 Å². The van der Waals surface area contributed by atoms with Gasteiger partial charge in [-0.3, -0.25) is 4.90 Å². The molecule has 1 N–H and O–H groups in total. The second-order valence-electron chi connectivity index (χ2n) is 8.42. The van der Waals surface area contributed by atoms with Crippen LogP contribution in [0.25, 0.3) is 0 Å². The Kier molecular flexibility index (Phi) is 5.11. The number of likely N-dealkylation sites (tertiary alicyclic amines) is 1. The summed E-state index contributed by atoms with van der Waals surface area (Å²) in [5.74, 6) is 0.818. The molecule has 4 heteroatoms. The molecule has 1 atom stereocenters. The van der Waals surface area contributed by atoms with Crippen molar-refractivity contribution < 1.29 is 0 Å². The first-order valence-corrected chi connectivity index (χ1v) is 8.92. The largest absolute Gasteiger partial charge is 0.306 e. The minimum absolute atomic E-state index is 0.153. The summed E-state index contributed by atoms with van der Waals surface area (Å²) in [6, 6.07) is 0. The van der Waals surface area contributed by atoms with Crippen LogP contribution in [0.5, 0.6) is 0 Å². The molecule has 0 amide bonds. The first-order chi connectivity index (χ1) is 9.63. The highest BCUT2D eigenvalue weighted by molar-refractivity contribution is 7.09. The van der Waals surface area contributed by atoms with E-state index < -0.39 is 0 Å². The van der Waals surface area contributed by atoms with Crippen LogP contribution in [0.15, 0.2) is 5.38 Å². The van der Waals surface area contributed by atoms with E-state index in [9.17, 15) is 0 Å². The highest BCUT2D eigenvalue weighted by atomic mass is 32.1. The fraction of sp³-hybridized carbons (Fsp3) is 0.824. The molecule has 0 bridgehead atoms. The zero-order chi connectivity index (χ0) is 15.7. The normalized spacial score (nSPS) is 21.1. The molecule has 21 heavy (non-hydrogen) atoms. The molecular formula is C17H31N3S. The van der Waals surface area contributed by atoms with Crippen LogP contribution in [0.3, 0.4) is 0 Å². The summed E-state index contributed by atoms with van der Waals surface area (Å²) >= 11 is 1.78. The predicted molar refractivity (Wildman–Crippen MR) is 91.5 cm³/mol. The molecule has 0 aliphatic carbocycles. The SMILES string of the molecule is CC(C)(C)NCc1nc(CN2CCC(C(C)(C)C)C2)cs1. The van der Waals surface area contributed by atoms with Crippen LogP contribution in [0.1, 0.15) is 58.7 Å². The fourth-order valence-corrected chi connectivity index (χ4v) is 3.48. The molecule has 1 fully saturated rings. The third-order valence-corrected chi connectivity index (χ3v) is 5.15. The monoisotopic (exact) mass is 309 g/mol. The van der Waals surface area contributed by atoms with Crippen LogP contribution >= 0.6 is 11.3 Å². The van der Waals surface area contributed by atoms with E-state index in [0.29, 0.717) is 5.41 Å². The van der Waals surface area contributed by atoms with Crippen molar-refractivity contribution in [2.75, 3.05) is 13.1 Å². The highest BCUT2D eigenvalue weighted by Crippen LogP contribution is 2.34. The highest BCUT2D eigenvalue weighted by Gasteiger charge is 2.31. The number of nitrogens with one attached hydrogen (secondary N) is 1. The van der Waals surface area contributed by atoms with Gasteiger partial charge in [0.15, 0.2) is 0 Å². The average Bonchev–Trinajstić information content (AvgIpc) is 2.94. The Labute approximate surface area is 134 Å². The standard InChI is InChI=1S/C17H31N3S/c1-16(2,3)13-7-8-20(10-13)11-14-12-21-15(19-14)9-18-17(4,5)6/h12-13,18H,7-11H2,1-6H3. The predicted octanol–water partition coefficient (Wildman–Crippen LogP) is 3.90. The molecule has 0 saturated carbocycles. The Morgan fingerprint density at radius 1 is 1.29 bits per heavy atom. The van der Waals surface area contributed by atoms with Gasteiger partial charge in [-0.1, -0.05) is 20.8 Å². The van der Waals surface area contributed by atoms with Gasteiger partial charge in [0.1, 0.15) is 5.01 Å². The lowest BCUT2D eigenvalue weighted by Crippen LogP contribution is -2.35. The molecule has 120 valence electrons. The van der Waals surface area contributed by atoms with Gasteiger partial charge in [0.2, 0.25) is 0 Å². The number of nitrogens with zero attached hydrogens (tertiary/aromatic N) is 2. The molecule has 0 radical (unpaired) electrons. The van der Waals surface area contributed by atoms with Crippen molar-refractivity contribution in [1.82, 2.24) is 15.2 Å². The Morgan fingerprint density at radius 3 is 2.57 bits per heavy atom. The molecule has 1 aromatic heterocycles. The van der Waals surface area contributed by atoms with Crippen LogP contribution in [-0.4, -0.2) is 28.5 Å². The summed E-state index contributed by atoms with van der Waals surface area (Å²) in [6.07, 6.45) is 1.33. The van der Waals surface area contributed by atoms with Gasteiger partial charge in [-0.25, -0.2) is 4.98 Å². The van der Waals surface area contributed by atoms with Crippen LogP contribution in [0.4, 0.5) is 0 Å². The molecule has 1 aliphatic heterocycles. The molecule has 0 aromatic carbocycles. The lowest BCUT2D eigenvalue weighted by Gasteiger charge is -2.26. The summed E-state index contributed by atoms with van der Waals surface area (Å²) in [7, 11) is 0. The van der Waals surface area contributed by atoms with Crippen molar-refractivity contribution in [2.24, 2.45) is 11.3 Å². The zero-order valence-corrected chi connectivity index (χ0v) is 15.3. The molecule has 1 aromatic rings. The van der Waals surface area contributed by atoms with Crippen molar-refractivity contribution in [3.63, 3.8) is 0 Å². The number of hydrogen-bond acceptors (Lipinski definition) is 4. The second kappa shape index (κ2) is 6.35. The molecule has 2 heterocycles. The maximum atomic E-state index is 4.78. The smallest absolute Gasteiger partial charge is 0.107 e. The molecule has 3 nitrogen and oxygen atoms in total. The van der Waals surface area contributed by atoms with E-state index in [2.05, 4.69) is 57.1 Å². The summed E-state index contributed by atoms with van der Waals surface area (Å²) < 4.78 is 0. The van der Waals surface area contributed by atoms with Crippen molar-refractivity contribution in [3.8, 4) is 0 Å². The van der Waals surface area contributed by atoms with E-state index in [1.54, 1.807) is 11.3 Å². The molecular weight excluding hydrogens is 278 g/mol. The zero-order valence-electron chi connectivity index (χ0n) is 14.5. The third kappa shape index (κ3) is 5.35. The van der Waals surface area contributed by atoms with E-state index in [-0.39, 0.29) is 5.54 Å². The van der Waals surface area contributed by atoms with E-state index in [0.717, 1.165) is 19.0 Å². The maximum absolute atomic E-state index is 4.78. The van der Waals surface area contributed by atoms with Crippen LogP contribution in [0, 0.1) is 11.3 Å². The quantitative estimate of drug-likeness (QED) is 0.914. The lowest BCUT2D eigenvalue weighted by atomic mass is 9.80. The van der Waals surface area contributed by atoms with Gasteiger partial charge in [-0.05, 0) is 45.1 Å². The van der Waals surface area contributed by atoms with Crippen molar-refractivity contribution in [1.29, 1.82) is 0 Å². The molecule has 2 rings (SSSR count). The number of hydrogen-bond donors (Lipinski definition) is 1. The first-order valence-electron chi connectivity index (χ1n) is 8.04. The van der Waals surface area contributed by atoms with Gasteiger partial charge in [-0.2, -0.15) is 0 Å². The Morgan fingerprint density at radius 2 is 2.00 bits per heavy atom. The van der Waals surface area contributed by atoms with Crippen LogP contribution in [-0.2, 0) is 13.1 Å². The number of rotatable bonds is 4. The number of thiazole rings is 1. The summed E-state index contributed by atoms with van der Waals surface area (Å²) in [6.45, 7) is 18.0. The topological polar surface area (TPSA) is 28.2 Å². The van der Waals surface area contributed by atoms with Gasteiger partial charge < -0.3 is 5.32 Å². The van der Waals surface area contributed by atoms with Gasteiger partial charge in [0.05, 0.1) is 5.69 Å². The maximum Gasteiger partial charge on any atom is 0.107 e. The van der Waals surface area contributed by atoms with Gasteiger partial charge in [0.25, 0.3) is 0 Å². The van der Waals surface area contributed by atoms with Gasteiger partial charge in [0, 0.05) is 30.6 Å². The van der Waals surface area contributed by atoms with Crippen molar-refractivity contribution in [3.05, 3.63) is 16.1 Å². The lowest BCUT2D eigenvalue weighted by molar-refractivity contribution is 0.225. The average molecular weight is 310 g/mol. The van der Waals surface area contributed by atoms with E-state index in [1.165, 1.54) is 30.2 Å². The number of aromatic nitrogens is 1. The molecule has 1 saturated heterocycles. The molecule has 1 aliphatic rings. The van der Waals surface area contributed by atoms with E-state index in [1.807, 2.05) is 0 Å². The van der Waals surface area contributed by atoms with E-state index >= 15 is 0 Å². The second-order valence-corrected chi connectivity index (χ2v) is 9.37. The summed E-state index contributed by atoms with van der Waals surface area (Å²) in [5, 5.41) is 6.93. The molecule has 0 spiro atoms. The van der Waals surface area contributed by atoms with E-state index in [4.69, 9.17) is 4.98 Å². The minimum Gasteiger partial charge on any atom is -0.306 e. The first kappa shape index (κ1) is 16.9. The summed E-state index contributed by atoms with van der Waals surface area (Å²) in [5.41, 5.74) is 1.82. The van der Waals surface area contributed by atoms with Crippen LogP contribution in [0.2, 0.25) is 0 Å².